The molecule has 1 heterocycles. The van der Waals surface area contributed by atoms with Crippen molar-refractivity contribution in [2.24, 2.45) is 0 Å². The smallest absolute Gasteiger partial charge is 0.329 e. The molecule has 1 saturated heterocycles. The molecule has 0 aromatic carbocycles. The Morgan fingerprint density at radius 1 is 1.40 bits per heavy atom. The third-order valence-corrected chi connectivity index (χ3v) is 3.60. The molecule has 0 saturated carbocycles. The lowest BCUT2D eigenvalue weighted by atomic mass is 10.1. The Hall–Kier alpha value is -1.34. The highest BCUT2D eigenvalue weighted by atomic mass is 16.5. The van der Waals surface area contributed by atoms with Gasteiger partial charge in [0.25, 0.3) is 0 Å². The summed E-state index contributed by atoms with van der Waals surface area (Å²) in [5, 5.41) is 11.5. The average Bonchev–Trinajstić information content (AvgIpc) is 2.42. The van der Waals surface area contributed by atoms with Gasteiger partial charge in [-0.1, -0.05) is 0 Å². The van der Waals surface area contributed by atoms with Crippen molar-refractivity contribution >= 4 is 12.0 Å². The number of hydrogen-bond donors (Lipinski definition) is 2. The first-order valence-corrected chi connectivity index (χ1v) is 6.92. The van der Waals surface area contributed by atoms with Crippen molar-refractivity contribution in [1.82, 2.24) is 15.1 Å². The van der Waals surface area contributed by atoms with Gasteiger partial charge in [0.2, 0.25) is 0 Å². The highest BCUT2D eigenvalue weighted by Gasteiger charge is 2.23. The second-order valence-corrected chi connectivity index (χ2v) is 5.39. The Kier molecular flexibility index (Phi) is 6.74. The molecule has 1 atom stereocenters. The van der Waals surface area contributed by atoms with Crippen LogP contribution in [0.3, 0.4) is 0 Å². The molecule has 1 aliphatic rings. The molecule has 20 heavy (non-hydrogen) atoms. The number of piperidine rings is 1. The molecule has 7 heteroatoms. The van der Waals surface area contributed by atoms with Gasteiger partial charge < -0.3 is 25.0 Å². The molecule has 2 N–H and O–H groups in total. The zero-order valence-corrected chi connectivity index (χ0v) is 12.5. The maximum atomic E-state index is 12.0. The largest absolute Gasteiger partial charge is 0.480 e. The second kappa shape index (κ2) is 8.06. The summed E-state index contributed by atoms with van der Waals surface area (Å²) >= 11 is 0. The summed E-state index contributed by atoms with van der Waals surface area (Å²) in [5.41, 5.74) is 0. The van der Waals surface area contributed by atoms with Crippen LogP contribution in [0.25, 0.3) is 0 Å². The number of ether oxygens (including phenoxy) is 1. The Morgan fingerprint density at radius 3 is 2.50 bits per heavy atom. The molecule has 116 valence electrons. The van der Waals surface area contributed by atoms with Gasteiger partial charge in [0.15, 0.2) is 0 Å². The number of hydrogen-bond acceptors (Lipinski definition) is 4. The fourth-order valence-electron chi connectivity index (χ4n) is 1.94. The van der Waals surface area contributed by atoms with E-state index in [0.29, 0.717) is 32.5 Å². The molecule has 7 nitrogen and oxygen atoms in total. The number of aliphatic carboxylic acids is 1. The number of likely N-dealkylation sites (N-methyl/N-ethyl adjacent to an activating group) is 1. The van der Waals surface area contributed by atoms with E-state index in [1.165, 1.54) is 0 Å². The third kappa shape index (κ3) is 5.75. The van der Waals surface area contributed by atoms with E-state index < -0.39 is 5.97 Å². The minimum absolute atomic E-state index is 0.0594. The molecule has 2 amide bonds. The summed E-state index contributed by atoms with van der Waals surface area (Å²) in [6.45, 7) is 3.60. The van der Waals surface area contributed by atoms with Crippen LogP contribution in [0.5, 0.6) is 0 Å². The van der Waals surface area contributed by atoms with Crippen LogP contribution < -0.4 is 5.32 Å². The van der Waals surface area contributed by atoms with Crippen LogP contribution in [-0.4, -0.2) is 79.4 Å². The van der Waals surface area contributed by atoms with Crippen molar-refractivity contribution in [3.63, 3.8) is 0 Å². The monoisotopic (exact) mass is 287 g/mol. The lowest BCUT2D eigenvalue weighted by molar-refractivity contribution is -0.145. The molecule has 1 unspecified atom stereocenters. The van der Waals surface area contributed by atoms with Crippen LogP contribution in [-0.2, 0) is 9.53 Å². The Morgan fingerprint density at radius 2 is 2.00 bits per heavy atom. The molecule has 1 rings (SSSR count). The van der Waals surface area contributed by atoms with Crippen molar-refractivity contribution in [3.05, 3.63) is 0 Å². The highest BCUT2D eigenvalue weighted by Crippen LogP contribution is 2.13. The third-order valence-electron chi connectivity index (χ3n) is 3.60. The fraction of sp³-hybridized carbons (Fsp3) is 0.846. The number of nitrogens with one attached hydrogen (secondary N) is 1. The number of carbonyl (C=O) groups is 2. The van der Waals surface area contributed by atoms with Crippen LogP contribution >= 0.6 is 0 Å². The molecule has 0 aromatic rings. The van der Waals surface area contributed by atoms with E-state index in [2.05, 4.69) is 5.32 Å². The van der Waals surface area contributed by atoms with Crippen molar-refractivity contribution in [2.75, 3.05) is 40.3 Å². The summed E-state index contributed by atoms with van der Waals surface area (Å²) in [6, 6.07) is 0.228. The second-order valence-electron chi connectivity index (χ2n) is 5.39. The number of rotatable bonds is 6. The zero-order chi connectivity index (χ0) is 15.1. The Balaban J connectivity index is 2.23. The van der Waals surface area contributed by atoms with Crippen molar-refractivity contribution < 1.29 is 19.4 Å². The maximum Gasteiger partial charge on any atom is 0.329 e. The van der Waals surface area contributed by atoms with Gasteiger partial charge in [0.1, 0.15) is 6.61 Å². The van der Waals surface area contributed by atoms with Crippen LogP contribution in [0.2, 0.25) is 0 Å². The number of carboxylic acids is 1. The van der Waals surface area contributed by atoms with Crippen molar-refractivity contribution in [1.29, 1.82) is 0 Å². The predicted molar refractivity (Wildman–Crippen MR) is 74.7 cm³/mol. The SMILES string of the molecule is CC(CNC(=O)N1CCC(OCC(=O)O)CC1)N(C)C. The number of nitrogens with zero attached hydrogens (tertiary/aromatic N) is 2. The summed E-state index contributed by atoms with van der Waals surface area (Å²) in [4.78, 5) is 26.2. The van der Waals surface area contributed by atoms with Crippen LogP contribution in [0.4, 0.5) is 4.79 Å². The molecule has 0 aliphatic carbocycles. The Labute approximate surface area is 119 Å². The molecule has 0 aromatic heterocycles. The molecule has 0 radical (unpaired) electrons. The van der Waals surface area contributed by atoms with Crippen LogP contribution in [0.1, 0.15) is 19.8 Å². The van der Waals surface area contributed by atoms with E-state index in [1.54, 1.807) is 4.90 Å². The van der Waals surface area contributed by atoms with E-state index in [9.17, 15) is 9.59 Å². The first-order chi connectivity index (χ1) is 9.40. The number of carbonyl (C=O) groups excluding carboxylic acids is 1. The summed E-state index contributed by atoms with van der Waals surface area (Å²) < 4.78 is 5.24. The number of amides is 2. The van der Waals surface area contributed by atoms with Gasteiger partial charge in [-0.2, -0.15) is 0 Å². The first kappa shape index (κ1) is 16.7. The van der Waals surface area contributed by atoms with E-state index in [4.69, 9.17) is 9.84 Å². The molecule has 0 spiro atoms. The van der Waals surface area contributed by atoms with Gasteiger partial charge in [0, 0.05) is 25.7 Å². The number of likely N-dealkylation sites (tertiary alicyclic amines) is 1. The standard InChI is InChI=1S/C13H25N3O4/c1-10(15(2)3)8-14-13(19)16-6-4-11(5-7-16)20-9-12(17)18/h10-11H,4-9H2,1-3H3,(H,14,19)(H,17,18). The molecular weight excluding hydrogens is 262 g/mol. The highest BCUT2D eigenvalue weighted by molar-refractivity contribution is 5.74. The van der Waals surface area contributed by atoms with E-state index in [0.717, 1.165) is 0 Å². The quantitative estimate of drug-likeness (QED) is 0.730. The Bertz CT molecular complexity index is 328. The van der Waals surface area contributed by atoms with E-state index in [1.807, 2.05) is 25.9 Å². The van der Waals surface area contributed by atoms with Gasteiger partial charge in [-0.3, -0.25) is 0 Å². The lowest BCUT2D eigenvalue weighted by Crippen LogP contribution is -2.48. The average molecular weight is 287 g/mol. The van der Waals surface area contributed by atoms with Gasteiger partial charge in [-0.15, -0.1) is 0 Å². The number of carboxylic acid groups (broad SMARTS) is 1. The van der Waals surface area contributed by atoms with Crippen molar-refractivity contribution in [3.8, 4) is 0 Å². The molecular formula is C13H25N3O4. The topological polar surface area (TPSA) is 82.1 Å². The van der Waals surface area contributed by atoms with E-state index >= 15 is 0 Å². The van der Waals surface area contributed by atoms with Gasteiger partial charge in [0.05, 0.1) is 6.10 Å². The first-order valence-electron chi connectivity index (χ1n) is 6.92. The van der Waals surface area contributed by atoms with Gasteiger partial charge in [-0.25, -0.2) is 9.59 Å². The van der Waals surface area contributed by atoms with Crippen molar-refractivity contribution in [2.45, 2.75) is 31.9 Å². The normalized spacial score (nSPS) is 18.1. The molecule has 1 aliphatic heterocycles. The summed E-state index contributed by atoms with van der Waals surface area (Å²) in [6.07, 6.45) is 1.31. The fourth-order valence-corrected chi connectivity index (χ4v) is 1.94. The summed E-state index contributed by atoms with van der Waals surface area (Å²) in [5.74, 6) is -0.956. The maximum absolute atomic E-state index is 12.0. The van der Waals surface area contributed by atoms with Crippen LogP contribution in [0.15, 0.2) is 0 Å². The molecule has 1 fully saturated rings. The minimum Gasteiger partial charge on any atom is -0.480 e. The summed E-state index contributed by atoms with van der Waals surface area (Å²) in [7, 11) is 3.95. The van der Waals surface area contributed by atoms with Gasteiger partial charge in [-0.05, 0) is 33.9 Å². The molecule has 0 bridgehead atoms. The predicted octanol–water partition coefficient (Wildman–Crippen LogP) is 0.212. The van der Waals surface area contributed by atoms with Gasteiger partial charge >= 0.3 is 12.0 Å². The van der Waals surface area contributed by atoms with E-state index in [-0.39, 0.29) is 24.8 Å². The number of urea groups is 1. The minimum atomic E-state index is -0.956. The zero-order valence-electron chi connectivity index (χ0n) is 12.5. The van der Waals surface area contributed by atoms with Crippen LogP contribution in [0, 0.1) is 0 Å². The lowest BCUT2D eigenvalue weighted by Gasteiger charge is -2.32.